The van der Waals surface area contributed by atoms with Crippen LogP contribution in [-0.4, -0.2) is 17.2 Å². The van der Waals surface area contributed by atoms with E-state index in [4.69, 9.17) is 5.11 Å². The summed E-state index contributed by atoms with van der Waals surface area (Å²) in [6.07, 6.45) is -1.34. The molecule has 3 heteroatoms. The number of carboxylic acids is 1. The molecular weight excluding hydrogens is 84.0 g/mol. The number of aliphatic carboxylic acids is 1. The van der Waals surface area contributed by atoms with Crippen LogP contribution in [0.4, 0.5) is 0 Å². The quantitative estimate of drug-likeness (QED) is 0.409. The number of aliphatic hydroxyl groups excluding tert-OH is 1. The average Bonchev–Trinajstić information content (AvgIpc) is 1.36. The van der Waals surface area contributed by atoms with Gasteiger partial charge in [-0.25, -0.2) is 0 Å². The molecule has 0 aromatic heterocycles. The fourth-order valence-corrected chi connectivity index (χ4v) is 0. The Morgan fingerprint density at radius 3 is 2.17 bits per heavy atom. The summed E-state index contributed by atoms with van der Waals surface area (Å²) in [4.78, 5) is 9.34. The third-order valence-corrected chi connectivity index (χ3v) is 0.341. The summed E-state index contributed by atoms with van der Waals surface area (Å²) < 4.78 is 0. The molecule has 0 saturated carbocycles. The summed E-state index contributed by atoms with van der Waals surface area (Å²) in [5.74, 6) is -1.44. The van der Waals surface area contributed by atoms with Gasteiger partial charge in [-0.15, -0.1) is 0 Å². The zero-order chi connectivity index (χ0) is 5.15. The summed E-state index contributed by atoms with van der Waals surface area (Å²) in [5, 5.41) is 17.3. The summed E-state index contributed by atoms with van der Waals surface area (Å²) in [6, 6.07) is 0. The Morgan fingerprint density at radius 1 is 2.00 bits per heavy atom. The molecule has 0 aliphatic rings. The molecule has 0 spiro atoms. The molecule has 1 N–H and O–H groups in total. The van der Waals surface area contributed by atoms with Crippen LogP contribution in [0.3, 0.4) is 0 Å². The molecule has 0 saturated heterocycles. The molecule has 6 heavy (non-hydrogen) atoms. The zero-order valence-corrected chi connectivity index (χ0v) is 3.34. The Hall–Kier alpha value is -0.570. The third kappa shape index (κ3) is 1.72. The van der Waals surface area contributed by atoms with Crippen molar-refractivity contribution in [2.24, 2.45) is 0 Å². The van der Waals surface area contributed by atoms with Crippen molar-refractivity contribution in [3.63, 3.8) is 0 Å². The van der Waals surface area contributed by atoms with E-state index in [-0.39, 0.29) is 0 Å². The van der Waals surface area contributed by atoms with Gasteiger partial charge in [0.15, 0.2) is 0 Å². The Morgan fingerprint density at radius 2 is 2.17 bits per heavy atom. The van der Waals surface area contributed by atoms with Gasteiger partial charge in [0, 0.05) is 0 Å². The predicted octanol–water partition coefficient (Wildman–Crippen LogP) is -1.88. The van der Waals surface area contributed by atoms with Gasteiger partial charge in [0.1, 0.15) is 0 Å². The molecule has 0 fully saturated rings. The van der Waals surface area contributed by atoms with Crippen molar-refractivity contribution in [2.45, 2.75) is 13.0 Å². The van der Waals surface area contributed by atoms with Crippen LogP contribution < -0.4 is 5.11 Å². The summed E-state index contributed by atoms with van der Waals surface area (Å²) >= 11 is 0. The van der Waals surface area contributed by atoms with Gasteiger partial charge in [0.25, 0.3) is 0 Å². The lowest BCUT2D eigenvalue weighted by atomic mass is 10.4. The highest BCUT2D eigenvalue weighted by molar-refractivity contribution is 5.68. The lowest BCUT2D eigenvalue weighted by Crippen LogP contribution is -2.32. The van der Waals surface area contributed by atoms with Crippen molar-refractivity contribution >= 4 is 5.97 Å². The number of carboxylic acid groups (broad SMARTS) is 1. The van der Waals surface area contributed by atoms with Crippen LogP contribution >= 0.6 is 0 Å². The normalized spacial score (nSPS) is 13.7. The predicted molar refractivity (Wildman–Crippen MR) is 16.7 cm³/mol. The first kappa shape index (κ1) is 5.43. The Labute approximate surface area is 35.2 Å². The van der Waals surface area contributed by atoms with Crippen LogP contribution in [0, 0.1) is 0 Å². The fraction of sp³-hybridized carbons (Fsp3) is 0.667. The highest BCUT2D eigenvalue weighted by Gasteiger charge is 1.89. The van der Waals surface area contributed by atoms with Crippen LogP contribution in [-0.2, 0) is 4.79 Å². The monoisotopic (exact) mass is 89.0 g/mol. The largest absolute Gasteiger partial charge is 0.547 e. The minimum absolute atomic E-state index is 1.13. The first-order valence-corrected chi connectivity index (χ1v) is 1.53. The van der Waals surface area contributed by atoms with Crippen molar-refractivity contribution in [1.29, 1.82) is 0 Å². The highest BCUT2D eigenvalue weighted by atomic mass is 16.4. The second kappa shape index (κ2) is 1.77. The molecule has 0 amide bonds. The van der Waals surface area contributed by atoms with Crippen molar-refractivity contribution in [1.82, 2.24) is 0 Å². The lowest BCUT2D eigenvalue weighted by Gasteiger charge is -2.00. The van der Waals surface area contributed by atoms with E-state index in [0.29, 0.717) is 0 Å². The fourth-order valence-electron chi connectivity index (χ4n) is 0. The van der Waals surface area contributed by atoms with Gasteiger partial charge >= 0.3 is 0 Å². The minimum atomic E-state index is -1.44. The SMILES string of the molecule is C[C@@H](O)C(=O)[O-]. The number of rotatable bonds is 1. The second-order valence-electron chi connectivity index (χ2n) is 0.995. The molecule has 0 aliphatic carbocycles. The molecule has 0 aliphatic heterocycles. The van der Waals surface area contributed by atoms with Gasteiger partial charge in [-0.05, 0) is 6.92 Å². The number of hydrogen-bond donors (Lipinski definition) is 1. The standard InChI is InChI=1S/C3H6O3/c1-2(4)3(5)6/h2,4H,1H3,(H,5,6)/p-1/t2-/m1/s1. The maximum absolute atomic E-state index is 9.34. The summed E-state index contributed by atoms with van der Waals surface area (Å²) in [6.45, 7) is 1.13. The number of carbonyl (C=O) groups is 1. The van der Waals surface area contributed by atoms with Crippen LogP contribution in [0.5, 0.6) is 0 Å². The van der Waals surface area contributed by atoms with E-state index in [9.17, 15) is 9.90 Å². The molecule has 1 atom stereocenters. The van der Waals surface area contributed by atoms with Gasteiger partial charge in [-0.3, -0.25) is 0 Å². The average molecular weight is 89.1 g/mol. The summed E-state index contributed by atoms with van der Waals surface area (Å²) in [5.41, 5.74) is 0. The smallest absolute Gasteiger partial charge is 0.0905 e. The number of hydrogen-bond acceptors (Lipinski definition) is 3. The van der Waals surface area contributed by atoms with E-state index in [0.717, 1.165) is 6.92 Å². The zero-order valence-electron chi connectivity index (χ0n) is 3.34. The van der Waals surface area contributed by atoms with Crippen LogP contribution in [0.1, 0.15) is 6.92 Å². The minimum Gasteiger partial charge on any atom is -0.547 e. The van der Waals surface area contributed by atoms with Gasteiger partial charge in [0.2, 0.25) is 0 Å². The molecule has 0 rings (SSSR count). The van der Waals surface area contributed by atoms with E-state index in [1.54, 1.807) is 0 Å². The van der Waals surface area contributed by atoms with E-state index in [2.05, 4.69) is 0 Å². The number of carbonyl (C=O) groups excluding carboxylic acids is 1. The number of aliphatic hydroxyl groups is 1. The maximum Gasteiger partial charge on any atom is 0.0905 e. The van der Waals surface area contributed by atoms with Crippen LogP contribution in [0.15, 0.2) is 0 Å². The van der Waals surface area contributed by atoms with E-state index < -0.39 is 12.1 Å². The molecular formula is C3H5O3-. The van der Waals surface area contributed by atoms with E-state index >= 15 is 0 Å². The molecule has 0 unspecified atom stereocenters. The molecule has 0 bridgehead atoms. The first-order chi connectivity index (χ1) is 2.64. The van der Waals surface area contributed by atoms with Crippen molar-refractivity contribution in [3.05, 3.63) is 0 Å². The molecule has 0 aromatic rings. The molecule has 3 nitrogen and oxygen atoms in total. The van der Waals surface area contributed by atoms with Crippen molar-refractivity contribution < 1.29 is 15.0 Å². The third-order valence-electron chi connectivity index (χ3n) is 0.341. The molecule has 36 valence electrons. The maximum atomic E-state index is 9.34. The highest BCUT2D eigenvalue weighted by Crippen LogP contribution is 1.69. The van der Waals surface area contributed by atoms with Crippen molar-refractivity contribution in [2.75, 3.05) is 0 Å². The van der Waals surface area contributed by atoms with Crippen molar-refractivity contribution in [3.8, 4) is 0 Å². The van der Waals surface area contributed by atoms with Gasteiger partial charge in [-0.2, -0.15) is 0 Å². The first-order valence-electron chi connectivity index (χ1n) is 1.53. The van der Waals surface area contributed by atoms with Gasteiger partial charge < -0.3 is 15.0 Å². The topological polar surface area (TPSA) is 60.4 Å². The second-order valence-corrected chi connectivity index (χ2v) is 0.995. The summed E-state index contributed by atoms with van der Waals surface area (Å²) in [7, 11) is 0. The Balaban J connectivity index is 3.26. The van der Waals surface area contributed by atoms with Crippen LogP contribution in [0.2, 0.25) is 0 Å². The molecule has 0 heterocycles. The van der Waals surface area contributed by atoms with E-state index in [1.165, 1.54) is 0 Å². The Bertz CT molecular complexity index is 57.1. The Kier molecular flexibility index (Phi) is 1.60. The van der Waals surface area contributed by atoms with Gasteiger partial charge in [0.05, 0.1) is 12.1 Å². The van der Waals surface area contributed by atoms with E-state index in [1.807, 2.05) is 0 Å². The van der Waals surface area contributed by atoms with Crippen LogP contribution in [0.25, 0.3) is 0 Å². The molecule has 0 radical (unpaired) electrons. The lowest BCUT2D eigenvalue weighted by molar-refractivity contribution is -0.314. The molecule has 0 aromatic carbocycles. The van der Waals surface area contributed by atoms with Gasteiger partial charge in [-0.1, -0.05) is 0 Å².